The van der Waals surface area contributed by atoms with Gasteiger partial charge in [-0.05, 0) is 18.6 Å². The third kappa shape index (κ3) is 1.48. The summed E-state index contributed by atoms with van der Waals surface area (Å²) in [7, 11) is 1.94. The topological polar surface area (TPSA) is 46.5 Å². The fraction of sp³-hybridized carbons (Fsp3) is 0.125. The van der Waals surface area contributed by atoms with E-state index in [0.29, 0.717) is 0 Å². The van der Waals surface area contributed by atoms with E-state index in [1.54, 1.807) is 0 Å². The van der Waals surface area contributed by atoms with E-state index in [1.807, 2.05) is 30.1 Å². The van der Waals surface area contributed by atoms with Gasteiger partial charge in [0.15, 0.2) is 0 Å². The summed E-state index contributed by atoms with van der Waals surface area (Å²) in [5.41, 5.74) is 5.41. The molecule has 0 radical (unpaired) electrons. The molecule has 0 saturated carbocycles. The lowest BCUT2D eigenvalue weighted by Gasteiger charge is -2.00. The molecule has 0 fully saturated rings. The van der Waals surface area contributed by atoms with Crippen molar-refractivity contribution in [2.24, 2.45) is 7.05 Å². The molecule has 2 heterocycles. The predicted molar refractivity (Wildman–Crippen MR) is 80.5 cm³/mol. The molecule has 0 unspecified atom stereocenters. The SMILES string of the molecule is Cc1cccc2c(-c3cccc4nn(C)cc34)n[nH]c12. The number of hydrogen-bond donors (Lipinski definition) is 1. The highest BCUT2D eigenvalue weighted by Crippen LogP contribution is 2.32. The molecule has 0 saturated heterocycles. The normalized spacial score (nSPS) is 11.5. The summed E-state index contributed by atoms with van der Waals surface area (Å²) < 4.78 is 1.84. The maximum absolute atomic E-state index is 4.52. The van der Waals surface area contributed by atoms with E-state index in [9.17, 15) is 0 Å². The minimum absolute atomic E-state index is 0.988. The number of rotatable bonds is 1. The van der Waals surface area contributed by atoms with Crippen LogP contribution >= 0.6 is 0 Å². The molecule has 0 amide bonds. The van der Waals surface area contributed by atoms with Gasteiger partial charge in [-0.15, -0.1) is 0 Å². The standard InChI is InChI=1S/C16H14N4/c1-10-5-3-7-12-15(10)17-18-16(12)11-6-4-8-14-13(11)9-20(2)19-14/h3-9H,1-2H3,(H,17,18). The highest BCUT2D eigenvalue weighted by molar-refractivity contribution is 6.02. The Bertz CT molecular complexity index is 930. The number of aryl methyl sites for hydroxylation is 2. The number of benzene rings is 2. The van der Waals surface area contributed by atoms with Crippen molar-refractivity contribution < 1.29 is 0 Å². The number of para-hydroxylation sites is 1. The van der Waals surface area contributed by atoms with Gasteiger partial charge in [0.1, 0.15) is 5.69 Å². The molecule has 0 bridgehead atoms. The Balaban J connectivity index is 2.09. The molecule has 4 heteroatoms. The minimum atomic E-state index is 0.988. The second-order valence-electron chi connectivity index (χ2n) is 5.11. The van der Waals surface area contributed by atoms with Gasteiger partial charge in [-0.2, -0.15) is 10.2 Å². The van der Waals surface area contributed by atoms with Gasteiger partial charge in [0.05, 0.1) is 11.0 Å². The van der Waals surface area contributed by atoms with Gasteiger partial charge in [0.25, 0.3) is 0 Å². The lowest BCUT2D eigenvalue weighted by atomic mass is 10.0. The average molecular weight is 262 g/mol. The molecule has 0 aliphatic carbocycles. The van der Waals surface area contributed by atoms with Gasteiger partial charge < -0.3 is 0 Å². The van der Waals surface area contributed by atoms with Gasteiger partial charge in [-0.3, -0.25) is 9.78 Å². The van der Waals surface area contributed by atoms with Crippen molar-refractivity contribution in [1.29, 1.82) is 0 Å². The van der Waals surface area contributed by atoms with Crippen LogP contribution in [0, 0.1) is 6.92 Å². The molecule has 2 aromatic carbocycles. The van der Waals surface area contributed by atoms with Crippen molar-refractivity contribution in [3.8, 4) is 11.3 Å². The van der Waals surface area contributed by atoms with Crippen LogP contribution in [0.4, 0.5) is 0 Å². The number of aromatic nitrogens is 4. The molecule has 0 aliphatic rings. The Morgan fingerprint density at radius 3 is 2.80 bits per heavy atom. The van der Waals surface area contributed by atoms with Crippen molar-refractivity contribution in [1.82, 2.24) is 20.0 Å². The molecule has 2 aromatic heterocycles. The third-order valence-electron chi connectivity index (χ3n) is 3.73. The quantitative estimate of drug-likeness (QED) is 0.571. The zero-order valence-corrected chi connectivity index (χ0v) is 11.4. The van der Waals surface area contributed by atoms with Gasteiger partial charge in [0.2, 0.25) is 0 Å². The van der Waals surface area contributed by atoms with E-state index >= 15 is 0 Å². The van der Waals surface area contributed by atoms with Gasteiger partial charge in [-0.1, -0.05) is 30.3 Å². The molecular formula is C16H14N4. The second-order valence-corrected chi connectivity index (χ2v) is 5.11. The first-order chi connectivity index (χ1) is 9.74. The lowest BCUT2D eigenvalue weighted by molar-refractivity contribution is 0.780. The monoisotopic (exact) mass is 262 g/mol. The van der Waals surface area contributed by atoms with Crippen molar-refractivity contribution in [2.75, 3.05) is 0 Å². The van der Waals surface area contributed by atoms with Crippen LogP contribution in [0.3, 0.4) is 0 Å². The number of H-pyrrole nitrogens is 1. The molecule has 0 spiro atoms. The Morgan fingerprint density at radius 1 is 1.05 bits per heavy atom. The second kappa shape index (κ2) is 3.93. The Kier molecular flexibility index (Phi) is 2.21. The Morgan fingerprint density at radius 2 is 1.90 bits per heavy atom. The van der Waals surface area contributed by atoms with E-state index in [1.165, 1.54) is 5.56 Å². The summed E-state index contributed by atoms with van der Waals surface area (Å²) in [5.74, 6) is 0. The van der Waals surface area contributed by atoms with Crippen molar-refractivity contribution in [3.05, 3.63) is 48.2 Å². The summed E-state index contributed by atoms with van der Waals surface area (Å²) in [6.07, 6.45) is 2.04. The van der Waals surface area contributed by atoms with E-state index in [-0.39, 0.29) is 0 Å². The third-order valence-corrected chi connectivity index (χ3v) is 3.73. The molecule has 98 valence electrons. The molecular weight excluding hydrogens is 248 g/mol. The van der Waals surface area contributed by atoms with Gasteiger partial charge >= 0.3 is 0 Å². The van der Waals surface area contributed by atoms with Crippen LogP contribution in [0.2, 0.25) is 0 Å². The number of fused-ring (bicyclic) bond motifs is 2. The van der Waals surface area contributed by atoms with Crippen molar-refractivity contribution >= 4 is 21.8 Å². The molecule has 4 aromatic rings. The van der Waals surface area contributed by atoms with E-state index in [2.05, 4.69) is 46.5 Å². The maximum Gasteiger partial charge on any atom is 0.101 e. The van der Waals surface area contributed by atoms with Crippen LogP contribution in [0.25, 0.3) is 33.1 Å². The van der Waals surface area contributed by atoms with Gasteiger partial charge in [0, 0.05) is 29.6 Å². The largest absolute Gasteiger partial charge is 0.277 e. The minimum Gasteiger partial charge on any atom is -0.277 e. The first-order valence-corrected chi connectivity index (χ1v) is 6.60. The fourth-order valence-corrected chi connectivity index (χ4v) is 2.76. The van der Waals surface area contributed by atoms with Crippen LogP contribution in [0.1, 0.15) is 5.56 Å². The Labute approximate surface area is 116 Å². The summed E-state index contributed by atoms with van der Waals surface area (Å²) in [6.45, 7) is 2.09. The maximum atomic E-state index is 4.52. The summed E-state index contributed by atoms with van der Waals surface area (Å²) in [5, 5.41) is 14.4. The highest BCUT2D eigenvalue weighted by Gasteiger charge is 2.13. The van der Waals surface area contributed by atoms with Crippen LogP contribution < -0.4 is 0 Å². The molecule has 0 aliphatic heterocycles. The van der Waals surface area contributed by atoms with Gasteiger partial charge in [-0.25, -0.2) is 0 Å². The highest BCUT2D eigenvalue weighted by atomic mass is 15.2. The molecule has 4 rings (SSSR count). The van der Waals surface area contributed by atoms with Crippen LogP contribution in [-0.4, -0.2) is 20.0 Å². The number of nitrogens with one attached hydrogen (secondary N) is 1. The van der Waals surface area contributed by atoms with Crippen LogP contribution in [-0.2, 0) is 7.05 Å². The van der Waals surface area contributed by atoms with E-state index in [0.717, 1.165) is 33.1 Å². The summed E-state index contributed by atoms with van der Waals surface area (Å²) in [4.78, 5) is 0. The predicted octanol–water partition coefficient (Wildman–Crippen LogP) is 3.43. The summed E-state index contributed by atoms with van der Waals surface area (Å²) >= 11 is 0. The van der Waals surface area contributed by atoms with Crippen LogP contribution in [0.15, 0.2) is 42.6 Å². The zero-order chi connectivity index (χ0) is 13.7. The van der Waals surface area contributed by atoms with Crippen LogP contribution in [0.5, 0.6) is 0 Å². The average Bonchev–Trinajstić information content (AvgIpc) is 3.01. The molecule has 4 nitrogen and oxygen atoms in total. The molecule has 20 heavy (non-hydrogen) atoms. The number of nitrogens with zero attached hydrogens (tertiary/aromatic N) is 3. The smallest absolute Gasteiger partial charge is 0.101 e. The zero-order valence-electron chi connectivity index (χ0n) is 11.4. The Hall–Kier alpha value is -2.62. The molecule has 0 atom stereocenters. The van der Waals surface area contributed by atoms with Crippen molar-refractivity contribution in [2.45, 2.75) is 6.92 Å². The summed E-state index contributed by atoms with van der Waals surface area (Å²) in [6, 6.07) is 12.4. The van der Waals surface area contributed by atoms with Crippen molar-refractivity contribution in [3.63, 3.8) is 0 Å². The lowest BCUT2D eigenvalue weighted by Crippen LogP contribution is -1.84. The first-order valence-electron chi connectivity index (χ1n) is 6.60. The van der Waals surface area contributed by atoms with E-state index in [4.69, 9.17) is 0 Å². The first kappa shape index (κ1) is 11.2. The number of aromatic amines is 1. The van der Waals surface area contributed by atoms with E-state index < -0.39 is 0 Å². The number of hydrogen-bond acceptors (Lipinski definition) is 2. The molecule has 1 N–H and O–H groups in total. The fourth-order valence-electron chi connectivity index (χ4n) is 2.76.